The summed E-state index contributed by atoms with van der Waals surface area (Å²) in [5.41, 5.74) is -0.531. The third-order valence-electron chi connectivity index (χ3n) is 5.75. The maximum atomic E-state index is 13.5. The van der Waals surface area contributed by atoms with Crippen LogP contribution >= 0.6 is 0 Å². The Kier molecular flexibility index (Phi) is 7.90. The first-order valence-electron chi connectivity index (χ1n) is 10.5. The van der Waals surface area contributed by atoms with E-state index in [2.05, 4.69) is 15.5 Å². The summed E-state index contributed by atoms with van der Waals surface area (Å²) in [6.45, 7) is 10.1. The molecule has 1 aromatic carbocycles. The Labute approximate surface area is 189 Å². The predicted molar refractivity (Wildman–Crippen MR) is 123 cm³/mol. The number of imide groups is 1. The molecule has 32 heavy (non-hydrogen) atoms. The predicted octanol–water partition coefficient (Wildman–Crippen LogP) is 0.414. The molecule has 3 N–H and O–H groups in total. The zero-order valence-corrected chi connectivity index (χ0v) is 19.4. The van der Waals surface area contributed by atoms with Crippen molar-refractivity contribution in [3.8, 4) is 0 Å². The molecular formula is C21H30B2N4O5. The molecule has 9 nitrogen and oxygen atoms in total. The Hall–Kier alpha value is -2.65. The minimum absolute atomic E-state index is 0.0902. The maximum absolute atomic E-state index is 13.5. The van der Waals surface area contributed by atoms with Gasteiger partial charge in [-0.15, -0.1) is 0 Å². The van der Waals surface area contributed by atoms with Crippen molar-refractivity contribution in [2.75, 3.05) is 6.54 Å². The van der Waals surface area contributed by atoms with Gasteiger partial charge >= 0.3 is 189 Å². The van der Waals surface area contributed by atoms with E-state index < -0.39 is 41.9 Å². The van der Waals surface area contributed by atoms with Crippen molar-refractivity contribution in [1.82, 2.24) is 15.4 Å². The molecule has 1 saturated heterocycles. The number of aliphatic imine (C=N–C) groups is 1. The molecule has 2 rings (SSSR count). The van der Waals surface area contributed by atoms with Crippen LogP contribution in [0.2, 0.25) is 6.82 Å². The Balaban J connectivity index is 2.29. The number of benzene rings is 1. The zero-order valence-electron chi connectivity index (χ0n) is 19.4. The Morgan fingerprint density at radius 1 is 1.34 bits per heavy atom. The van der Waals surface area contributed by atoms with E-state index >= 15 is 0 Å². The molecule has 1 heterocycles. The van der Waals surface area contributed by atoms with Gasteiger partial charge in [-0.3, -0.25) is 0 Å². The molecule has 1 aliphatic heterocycles. The number of amides is 3. The first kappa shape index (κ1) is 25.6. The van der Waals surface area contributed by atoms with Crippen LogP contribution in [0.4, 0.5) is 0 Å². The number of nitrogens with zero attached hydrogens (tertiary/aromatic N) is 2. The van der Waals surface area contributed by atoms with Crippen LogP contribution in [0.25, 0.3) is 0 Å². The molecule has 2 atom stereocenters. The van der Waals surface area contributed by atoms with Gasteiger partial charge in [0.25, 0.3) is 0 Å². The Morgan fingerprint density at radius 3 is 2.44 bits per heavy atom. The van der Waals surface area contributed by atoms with Crippen LogP contribution in [0.5, 0.6) is 0 Å². The molecule has 11 heteroatoms. The van der Waals surface area contributed by atoms with Crippen molar-refractivity contribution in [2.45, 2.75) is 58.6 Å². The van der Waals surface area contributed by atoms with E-state index in [1.165, 1.54) is 6.82 Å². The van der Waals surface area contributed by atoms with Crippen LogP contribution in [-0.4, -0.2) is 71.6 Å². The average Bonchev–Trinajstić information content (AvgIpc) is 2.69. The van der Waals surface area contributed by atoms with Gasteiger partial charge in [0.1, 0.15) is 0 Å². The number of likely N-dealkylation sites (tertiary alicyclic amines) is 1. The normalized spacial score (nSPS) is 18.7. The summed E-state index contributed by atoms with van der Waals surface area (Å²) in [5, 5.41) is 15.2. The average molecular weight is 440 g/mol. The van der Waals surface area contributed by atoms with Crippen molar-refractivity contribution >= 4 is 38.0 Å². The summed E-state index contributed by atoms with van der Waals surface area (Å²) in [6.07, 6.45) is 1.04. The molecule has 1 fully saturated rings. The second-order valence-electron chi connectivity index (χ2n) is 9.19. The number of β-lactam (4-membered cyclic amide) rings is 1. The van der Waals surface area contributed by atoms with E-state index in [0.717, 1.165) is 16.6 Å². The second kappa shape index (κ2) is 9.87. The number of carbonyl (C=O) groups excluding carboxylic acids is 3. The van der Waals surface area contributed by atoms with Crippen LogP contribution in [0.3, 0.4) is 0 Å². The molecule has 0 bridgehead atoms. The van der Waals surface area contributed by atoms with Gasteiger partial charge in [0.2, 0.25) is 0 Å². The first-order valence-corrected chi connectivity index (χ1v) is 10.5. The third kappa shape index (κ3) is 5.39. The number of carbonyl (C=O) groups is 3. The van der Waals surface area contributed by atoms with Gasteiger partial charge in [0, 0.05) is 0 Å². The summed E-state index contributed by atoms with van der Waals surface area (Å²) in [7, 11) is -0.417. The first-order chi connectivity index (χ1) is 14.8. The van der Waals surface area contributed by atoms with E-state index in [1.54, 1.807) is 39.8 Å². The molecule has 170 valence electrons. The molecule has 1 aliphatic rings. The number of aryl methyl sites for hydroxylation is 1. The van der Waals surface area contributed by atoms with Crippen LogP contribution in [0.1, 0.15) is 43.6 Å². The Morgan fingerprint density at radius 2 is 1.94 bits per heavy atom. The molecule has 0 saturated carbocycles. The molecule has 0 radical (unpaired) electrons. The van der Waals surface area contributed by atoms with Crippen molar-refractivity contribution in [1.29, 1.82) is 0 Å². The zero-order chi connectivity index (χ0) is 24.3. The van der Waals surface area contributed by atoms with E-state index in [-0.39, 0.29) is 12.5 Å². The van der Waals surface area contributed by atoms with Crippen molar-refractivity contribution in [2.24, 2.45) is 10.9 Å². The molecular weight excluding hydrogens is 410 g/mol. The van der Waals surface area contributed by atoms with Gasteiger partial charge in [-0.25, -0.2) is 0 Å². The molecule has 0 aromatic heterocycles. The summed E-state index contributed by atoms with van der Waals surface area (Å²) < 4.78 is 10.7. The monoisotopic (exact) mass is 440 g/mol. The van der Waals surface area contributed by atoms with Crippen molar-refractivity contribution in [3.63, 3.8) is 0 Å². The van der Waals surface area contributed by atoms with E-state index in [9.17, 15) is 24.1 Å². The fraction of sp³-hybridized carbons (Fsp3) is 0.524. The molecule has 1 aromatic rings. The number of hydrogen-bond acceptors (Lipinski definition) is 7. The van der Waals surface area contributed by atoms with Gasteiger partial charge in [-0.1, -0.05) is 0 Å². The minimum atomic E-state index is -1.08. The van der Waals surface area contributed by atoms with E-state index in [4.69, 9.17) is 0 Å². The second-order valence-corrected chi connectivity index (χ2v) is 9.19. The standard InChI is InChI=1S/C21H30B2N4O5/c1-13-7-9-14(10-8-13)17(28)25-20(2,3)15(11-24-12-22-31)18(29)27-19(30)16(21(27,4)5)26-23(6)32/h7-10,12,15-16,26,32H,11H2,1-6H3,(H,25,28)/t15-,16-/m0/s1. The quantitative estimate of drug-likeness (QED) is 0.290. The van der Waals surface area contributed by atoms with E-state index in [1.807, 2.05) is 19.1 Å². The fourth-order valence-electron chi connectivity index (χ4n) is 3.82. The SMILES string of the molecule is CB(O)N[C@H]1C(=O)N(C(=O)[C@H](CN=CB=O)C(C)(C)NC(=O)c2ccc(C)cc2)C1(C)C. The molecule has 0 unspecified atom stereocenters. The van der Waals surface area contributed by atoms with Gasteiger partial charge in [-0.2, -0.15) is 0 Å². The fourth-order valence-corrected chi connectivity index (χ4v) is 3.82. The summed E-state index contributed by atoms with van der Waals surface area (Å²) >= 11 is 0. The molecule has 3 amide bonds. The number of rotatable bonds is 9. The molecule has 0 aliphatic carbocycles. The van der Waals surface area contributed by atoms with Gasteiger partial charge in [-0.05, 0) is 0 Å². The molecule has 0 spiro atoms. The summed E-state index contributed by atoms with van der Waals surface area (Å²) in [5.74, 6) is -2.26. The van der Waals surface area contributed by atoms with Crippen LogP contribution in [-0.2, 0) is 14.3 Å². The third-order valence-corrected chi connectivity index (χ3v) is 5.75. The van der Waals surface area contributed by atoms with Crippen molar-refractivity contribution < 1.29 is 24.1 Å². The van der Waals surface area contributed by atoms with Gasteiger partial charge in [0.05, 0.1) is 0 Å². The van der Waals surface area contributed by atoms with E-state index in [0.29, 0.717) is 12.7 Å². The van der Waals surface area contributed by atoms with Crippen LogP contribution < -0.4 is 10.5 Å². The summed E-state index contributed by atoms with van der Waals surface area (Å²) in [6, 6.07) is 6.29. The van der Waals surface area contributed by atoms with Crippen LogP contribution in [0, 0.1) is 12.8 Å². The number of nitrogens with one attached hydrogen (secondary N) is 2. The summed E-state index contributed by atoms with van der Waals surface area (Å²) in [4.78, 5) is 44.2. The Bertz CT molecular complexity index is 915. The van der Waals surface area contributed by atoms with Gasteiger partial charge < -0.3 is 0 Å². The van der Waals surface area contributed by atoms with Crippen molar-refractivity contribution in [3.05, 3.63) is 35.4 Å². The van der Waals surface area contributed by atoms with Gasteiger partial charge in [0.15, 0.2) is 0 Å². The van der Waals surface area contributed by atoms with Crippen LogP contribution in [0.15, 0.2) is 29.3 Å². The topological polar surface area (TPSA) is 128 Å². The number of hydrogen-bond donors (Lipinski definition) is 3.